The van der Waals surface area contributed by atoms with Crippen LogP contribution in [-0.4, -0.2) is 28.4 Å². The van der Waals surface area contributed by atoms with E-state index in [0.29, 0.717) is 18.8 Å². The number of fused-ring (bicyclic) bond motifs is 4. The molecule has 132 valence electrons. The molecule has 2 aromatic carbocycles. The van der Waals surface area contributed by atoms with Crippen molar-refractivity contribution in [3.8, 4) is 22.8 Å². The average molecular weight is 348 g/mol. The van der Waals surface area contributed by atoms with Crippen LogP contribution in [0.2, 0.25) is 0 Å². The summed E-state index contributed by atoms with van der Waals surface area (Å²) in [7, 11) is 1.63. The third-order valence-electron chi connectivity index (χ3n) is 5.44. The van der Waals surface area contributed by atoms with Gasteiger partial charge in [-0.2, -0.15) is 0 Å². The molecule has 5 heteroatoms. The van der Waals surface area contributed by atoms with Crippen LogP contribution < -0.4 is 9.47 Å². The molecular weight excluding hydrogens is 328 g/mol. The maximum Gasteiger partial charge on any atom is 0.128 e. The van der Waals surface area contributed by atoms with Gasteiger partial charge in [-0.1, -0.05) is 24.3 Å². The van der Waals surface area contributed by atoms with Gasteiger partial charge in [-0.15, -0.1) is 0 Å². The zero-order valence-corrected chi connectivity index (χ0v) is 14.6. The molecular formula is C21H20N2O3. The van der Waals surface area contributed by atoms with Crippen LogP contribution >= 0.6 is 0 Å². The number of ether oxygens (including phenoxy) is 2. The van der Waals surface area contributed by atoms with Gasteiger partial charge in [0.25, 0.3) is 0 Å². The molecule has 2 unspecified atom stereocenters. The summed E-state index contributed by atoms with van der Waals surface area (Å²) in [5.41, 5.74) is 5.48. The van der Waals surface area contributed by atoms with E-state index in [4.69, 9.17) is 9.47 Å². The number of nitrogens with zero attached hydrogens (tertiary/aromatic N) is 2. The molecule has 0 radical (unpaired) electrons. The summed E-state index contributed by atoms with van der Waals surface area (Å²) in [5, 5.41) is 11.1. The third-order valence-corrected chi connectivity index (χ3v) is 5.44. The highest BCUT2D eigenvalue weighted by molar-refractivity contribution is 5.69. The number of rotatable bonds is 4. The summed E-state index contributed by atoms with van der Waals surface area (Å²) in [6.07, 6.45) is 4.54. The molecule has 0 saturated carbocycles. The number of hydrogen-bond acceptors (Lipinski definition) is 4. The predicted octanol–water partition coefficient (Wildman–Crippen LogP) is 3.52. The molecule has 1 N–H and O–H groups in total. The summed E-state index contributed by atoms with van der Waals surface area (Å²) in [6.45, 7) is 0.687. The molecule has 2 aliphatic rings. The Morgan fingerprint density at radius 2 is 2.23 bits per heavy atom. The van der Waals surface area contributed by atoms with Crippen LogP contribution in [0.1, 0.15) is 35.3 Å². The van der Waals surface area contributed by atoms with Gasteiger partial charge in [-0.05, 0) is 17.2 Å². The lowest BCUT2D eigenvalue weighted by Crippen LogP contribution is -2.11. The first-order chi connectivity index (χ1) is 12.8. The Morgan fingerprint density at radius 1 is 1.35 bits per heavy atom. The van der Waals surface area contributed by atoms with Crippen molar-refractivity contribution < 1.29 is 14.6 Å². The van der Waals surface area contributed by atoms with Crippen LogP contribution in [0.4, 0.5) is 0 Å². The number of benzene rings is 2. The van der Waals surface area contributed by atoms with E-state index in [9.17, 15) is 5.11 Å². The zero-order valence-electron chi connectivity index (χ0n) is 14.6. The van der Waals surface area contributed by atoms with Gasteiger partial charge in [-0.3, -0.25) is 0 Å². The Morgan fingerprint density at radius 3 is 3.12 bits per heavy atom. The van der Waals surface area contributed by atoms with E-state index in [-0.39, 0.29) is 6.04 Å². The van der Waals surface area contributed by atoms with Crippen molar-refractivity contribution in [2.75, 3.05) is 13.7 Å². The first-order valence-electron chi connectivity index (χ1n) is 8.89. The van der Waals surface area contributed by atoms with Crippen molar-refractivity contribution in [1.29, 1.82) is 0 Å². The molecule has 3 heterocycles. The van der Waals surface area contributed by atoms with Gasteiger partial charge >= 0.3 is 0 Å². The van der Waals surface area contributed by atoms with Crippen LogP contribution in [0, 0.1) is 0 Å². The Bertz CT molecular complexity index is 979. The fourth-order valence-electron chi connectivity index (χ4n) is 4.17. The second kappa shape index (κ2) is 5.88. The average Bonchev–Trinajstić information content (AvgIpc) is 3.37. The van der Waals surface area contributed by atoms with Gasteiger partial charge in [0, 0.05) is 30.0 Å². The molecule has 3 aromatic rings. The molecule has 2 aliphatic heterocycles. The Balaban J connectivity index is 1.51. The van der Waals surface area contributed by atoms with Crippen molar-refractivity contribution in [3.05, 3.63) is 65.6 Å². The molecule has 2 atom stereocenters. The van der Waals surface area contributed by atoms with E-state index in [1.165, 1.54) is 11.1 Å². The Labute approximate surface area is 151 Å². The van der Waals surface area contributed by atoms with E-state index in [1.54, 1.807) is 7.11 Å². The second-order valence-corrected chi connectivity index (χ2v) is 6.84. The van der Waals surface area contributed by atoms with Gasteiger partial charge in [0.1, 0.15) is 11.5 Å². The summed E-state index contributed by atoms with van der Waals surface area (Å²) < 4.78 is 13.3. The van der Waals surface area contributed by atoms with Gasteiger partial charge in [0.2, 0.25) is 0 Å². The highest BCUT2D eigenvalue weighted by Crippen LogP contribution is 2.45. The topological polar surface area (TPSA) is 56.5 Å². The lowest BCUT2D eigenvalue weighted by molar-refractivity contribution is 0.150. The highest BCUT2D eigenvalue weighted by Gasteiger charge is 2.31. The van der Waals surface area contributed by atoms with Gasteiger partial charge in [-0.25, -0.2) is 4.98 Å². The number of imidazole rings is 1. The zero-order chi connectivity index (χ0) is 17.7. The van der Waals surface area contributed by atoms with Crippen molar-refractivity contribution >= 4 is 0 Å². The highest BCUT2D eigenvalue weighted by atomic mass is 16.5. The maximum atomic E-state index is 11.1. The molecule has 5 rings (SSSR count). The molecule has 0 saturated heterocycles. The standard InChI is InChI=1S/C21H20N2O3/c1-25-21-10-20-13(6-7-26-20)8-16(21)19(24)9-17-14-4-2-3-5-15(14)18-11-22-12-23(17)18/h2-5,8,10-12,17,19,24H,6-7,9H2,1H3. The largest absolute Gasteiger partial charge is 0.496 e. The second-order valence-electron chi connectivity index (χ2n) is 6.84. The number of aliphatic hydroxyl groups is 1. The van der Waals surface area contributed by atoms with Crippen molar-refractivity contribution in [2.45, 2.75) is 25.0 Å². The van der Waals surface area contributed by atoms with Crippen molar-refractivity contribution in [1.82, 2.24) is 9.55 Å². The summed E-state index contributed by atoms with van der Waals surface area (Å²) in [6, 6.07) is 12.3. The SMILES string of the molecule is COc1cc2c(cc1C(O)CC1c3ccccc3-c3cncn31)CCO2. The summed E-state index contributed by atoms with van der Waals surface area (Å²) in [5.74, 6) is 1.54. The fraction of sp³-hybridized carbons (Fsp3) is 0.286. The van der Waals surface area contributed by atoms with Crippen LogP contribution in [0.3, 0.4) is 0 Å². The van der Waals surface area contributed by atoms with E-state index in [0.717, 1.165) is 29.0 Å². The van der Waals surface area contributed by atoms with Gasteiger partial charge < -0.3 is 19.1 Å². The van der Waals surface area contributed by atoms with E-state index in [2.05, 4.69) is 21.7 Å². The maximum absolute atomic E-state index is 11.1. The minimum Gasteiger partial charge on any atom is -0.496 e. The number of hydrogen-bond donors (Lipinski definition) is 1. The normalized spacial score (nSPS) is 18.0. The Kier molecular flexibility index (Phi) is 3.50. The molecule has 0 amide bonds. The van der Waals surface area contributed by atoms with E-state index >= 15 is 0 Å². The molecule has 26 heavy (non-hydrogen) atoms. The number of aliphatic hydroxyl groups excluding tert-OH is 1. The van der Waals surface area contributed by atoms with Gasteiger partial charge in [0.15, 0.2) is 0 Å². The molecule has 0 spiro atoms. The quantitative estimate of drug-likeness (QED) is 0.784. The number of methoxy groups -OCH3 is 1. The molecule has 0 aliphatic carbocycles. The minimum atomic E-state index is -0.637. The third kappa shape index (κ3) is 2.24. The summed E-state index contributed by atoms with van der Waals surface area (Å²) >= 11 is 0. The molecule has 5 nitrogen and oxygen atoms in total. The molecule has 0 bridgehead atoms. The molecule has 1 aromatic heterocycles. The lowest BCUT2D eigenvalue weighted by Gasteiger charge is -2.21. The number of aromatic nitrogens is 2. The first-order valence-corrected chi connectivity index (χ1v) is 8.89. The van der Waals surface area contributed by atoms with E-state index < -0.39 is 6.10 Å². The van der Waals surface area contributed by atoms with Gasteiger partial charge in [0.05, 0.1) is 44.1 Å². The predicted molar refractivity (Wildman–Crippen MR) is 97.6 cm³/mol. The van der Waals surface area contributed by atoms with Crippen molar-refractivity contribution in [3.63, 3.8) is 0 Å². The minimum absolute atomic E-state index is 0.0629. The van der Waals surface area contributed by atoms with Crippen LogP contribution in [0.15, 0.2) is 48.9 Å². The summed E-state index contributed by atoms with van der Waals surface area (Å²) in [4.78, 5) is 4.29. The van der Waals surface area contributed by atoms with E-state index in [1.807, 2.05) is 36.8 Å². The fourth-order valence-corrected chi connectivity index (χ4v) is 4.17. The lowest BCUT2D eigenvalue weighted by atomic mass is 9.94. The van der Waals surface area contributed by atoms with Crippen molar-refractivity contribution in [2.24, 2.45) is 0 Å². The molecule has 0 fully saturated rings. The first kappa shape index (κ1) is 15.5. The van der Waals surface area contributed by atoms with Crippen LogP contribution in [-0.2, 0) is 6.42 Å². The smallest absolute Gasteiger partial charge is 0.128 e. The monoisotopic (exact) mass is 348 g/mol. The van der Waals surface area contributed by atoms with Crippen LogP contribution in [0.5, 0.6) is 11.5 Å². The van der Waals surface area contributed by atoms with Crippen LogP contribution in [0.25, 0.3) is 11.3 Å². The Hall–Kier alpha value is -2.79.